The van der Waals surface area contributed by atoms with Gasteiger partial charge in [-0.3, -0.25) is 4.98 Å². The Morgan fingerprint density at radius 2 is 1.67 bits per heavy atom. The summed E-state index contributed by atoms with van der Waals surface area (Å²) in [7, 11) is 0. The van der Waals surface area contributed by atoms with Crippen LogP contribution < -0.4 is 5.32 Å². The third kappa shape index (κ3) is 5.68. The average Bonchev–Trinajstić information content (AvgIpc) is 2.48. The number of aromatic nitrogens is 1. The summed E-state index contributed by atoms with van der Waals surface area (Å²) in [6.07, 6.45) is 5.99. The highest BCUT2D eigenvalue weighted by atomic mass is 14.9. The van der Waals surface area contributed by atoms with Gasteiger partial charge in [0, 0.05) is 24.5 Å². The van der Waals surface area contributed by atoms with Gasteiger partial charge in [-0.25, -0.2) is 0 Å². The predicted octanol–water partition coefficient (Wildman–Crippen LogP) is 4.19. The van der Waals surface area contributed by atoms with E-state index in [-0.39, 0.29) is 5.54 Å². The van der Waals surface area contributed by atoms with Gasteiger partial charge in [-0.1, -0.05) is 30.3 Å². The van der Waals surface area contributed by atoms with E-state index in [2.05, 4.69) is 73.5 Å². The smallest absolute Gasteiger partial charge is 0.0270 e. The molecule has 0 aliphatic heterocycles. The maximum atomic E-state index is 4.09. The second kappa shape index (κ2) is 7.37. The van der Waals surface area contributed by atoms with Gasteiger partial charge in [0.25, 0.3) is 0 Å². The van der Waals surface area contributed by atoms with Crippen molar-refractivity contribution < 1.29 is 0 Å². The molecule has 0 aliphatic rings. The lowest BCUT2D eigenvalue weighted by Crippen LogP contribution is -2.38. The van der Waals surface area contributed by atoms with Crippen molar-refractivity contribution in [3.05, 3.63) is 66.0 Å². The summed E-state index contributed by atoms with van der Waals surface area (Å²) in [6, 6.07) is 15.0. The quantitative estimate of drug-likeness (QED) is 0.859. The fraction of sp³-hybridized carbons (Fsp3) is 0.421. The van der Waals surface area contributed by atoms with Gasteiger partial charge in [-0.15, -0.1) is 0 Å². The fourth-order valence-electron chi connectivity index (χ4n) is 2.43. The molecule has 2 nitrogen and oxygen atoms in total. The molecular formula is C19H26N2. The van der Waals surface area contributed by atoms with Crippen molar-refractivity contribution in [1.82, 2.24) is 10.3 Å². The van der Waals surface area contributed by atoms with Gasteiger partial charge in [0.2, 0.25) is 0 Å². The van der Waals surface area contributed by atoms with E-state index in [1.165, 1.54) is 11.1 Å². The zero-order chi connectivity index (χ0) is 15.1. The van der Waals surface area contributed by atoms with Gasteiger partial charge in [0.1, 0.15) is 0 Å². The lowest BCUT2D eigenvalue weighted by Gasteiger charge is -2.25. The molecule has 0 saturated carbocycles. The van der Waals surface area contributed by atoms with E-state index in [1.54, 1.807) is 0 Å². The standard InChI is InChI=1S/C19H26N2/c1-19(2,3)21-15-18(17-7-5-4-6-8-17)10-9-16-11-13-20-14-12-16/h4-8,11-14,18,21H,9-10,15H2,1-3H3. The summed E-state index contributed by atoms with van der Waals surface area (Å²) in [5.74, 6) is 0.540. The molecule has 2 aromatic rings. The minimum absolute atomic E-state index is 0.156. The van der Waals surface area contributed by atoms with Crippen LogP contribution in [0.25, 0.3) is 0 Å². The molecule has 1 atom stereocenters. The second-order valence-electron chi connectivity index (χ2n) is 6.63. The van der Waals surface area contributed by atoms with Gasteiger partial charge in [0.15, 0.2) is 0 Å². The van der Waals surface area contributed by atoms with Crippen LogP contribution in [0.5, 0.6) is 0 Å². The molecule has 21 heavy (non-hydrogen) atoms. The monoisotopic (exact) mass is 282 g/mol. The summed E-state index contributed by atoms with van der Waals surface area (Å²) >= 11 is 0. The molecule has 2 heteroatoms. The first-order valence-electron chi connectivity index (χ1n) is 7.73. The first kappa shape index (κ1) is 15.7. The Labute approximate surface area is 128 Å². The van der Waals surface area contributed by atoms with E-state index in [1.807, 2.05) is 12.4 Å². The van der Waals surface area contributed by atoms with Crippen LogP contribution in [-0.4, -0.2) is 17.1 Å². The second-order valence-corrected chi connectivity index (χ2v) is 6.63. The summed E-state index contributed by atoms with van der Waals surface area (Å²) in [5, 5.41) is 3.64. The first-order chi connectivity index (χ1) is 10.0. The van der Waals surface area contributed by atoms with Crippen LogP contribution in [0.1, 0.15) is 44.2 Å². The van der Waals surface area contributed by atoms with Crippen molar-refractivity contribution in [2.75, 3.05) is 6.54 Å². The number of nitrogens with one attached hydrogen (secondary N) is 1. The largest absolute Gasteiger partial charge is 0.311 e. The Bertz CT molecular complexity index is 514. The molecule has 0 spiro atoms. The van der Waals surface area contributed by atoms with Gasteiger partial charge >= 0.3 is 0 Å². The SMILES string of the molecule is CC(C)(C)NCC(CCc1ccncc1)c1ccccc1. The number of pyridine rings is 1. The molecule has 1 aromatic heterocycles. The van der Waals surface area contributed by atoms with E-state index in [0.29, 0.717) is 5.92 Å². The summed E-state index contributed by atoms with van der Waals surface area (Å²) < 4.78 is 0. The van der Waals surface area contributed by atoms with Crippen LogP contribution in [0.4, 0.5) is 0 Å². The normalized spacial score (nSPS) is 13.1. The summed E-state index contributed by atoms with van der Waals surface area (Å²) in [4.78, 5) is 4.09. The van der Waals surface area contributed by atoms with Crippen molar-refractivity contribution in [3.63, 3.8) is 0 Å². The Morgan fingerprint density at radius 1 is 1.00 bits per heavy atom. The Kier molecular flexibility index (Phi) is 5.51. The molecule has 112 valence electrons. The molecule has 0 bridgehead atoms. The number of aryl methyl sites for hydroxylation is 1. The highest BCUT2D eigenvalue weighted by Crippen LogP contribution is 2.22. The minimum atomic E-state index is 0.156. The molecule has 1 heterocycles. The van der Waals surface area contributed by atoms with Crippen LogP contribution in [-0.2, 0) is 6.42 Å². The first-order valence-corrected chi connectivity index (χ1v) is 7.73. The van der Waals surface area contributed by atoms with Gasteiger partial charge in [0.05, 0.1) is 0 Å². The van der Waals surface area contributed by atoms with Crippen LogP contribution in [0.3, 0.4) is 0 Å². The molecule has 0 fully saturated rings. The molecule has 0 aliphatic carbocycles. The predicted molar refractivity (Wildman–Crippen MR) is 89.5 cm³/mol. The zero-order valence-electron chi connectivity index (χ0n) is 13.3. The molecule has 0 saturated heterocycles. The van der Waals surface area contributed by atoms with Crippen LogP contribution in [0, 0.1) is 0 Å². The number of benzene rings is 1. The van der Waals surface area contributed by atoms with Crippen molar-refractivity contribution in [2.24, 2.45) is 0 Å². The maximum absolute atomic E-state index is 4.09. The molecule has 2 rings (SSSR count). The van der Waals surface area contributed by atoms with Crippen LogP contribution in [0.2, 0.25) is 0 Å². The van der Waals surface area contributed by atoms with E-state index >= 15 is 0 Å². The van der Waals surface area contributed by atoms with E-state index in [4.69, 9.17) is 0 Å². The summed E-state index contributed by atoms with van der Waals surface area (Å²) in [5.41, 5.74) is 2.94. The summed E-state index contributed by atoms with van der Waals surface area (Å²) in [6.45, 7) is 7.67. The van der Waals surface area contributed by atoms with E-state index in [0.717, 1.165) is 19.4 Å². The van der Waals surface area contributed by atoms with Crippen molar-refractivity contribution in [2.45, 2.75) is 45.1 Å². The Hall–Kier alpha value is -1.67. The highest BCUT2D eigenvalue weighted by Gasteiger charge is 2.15. The Balaban J connectivity index is 2.02. The number of hydrogen-bond donors (Lipinski definition) is 1. The van der Waals surface area contributed by atoms with Gasteiger partial charge in [-0.05, 0) is 62.8 Å². The maximum Gasteiger partial charge on any atom is 0.0270 e. The molecular weight excluding hydrogens is 256 g/mol. The molecule has 1 unspecified atom stereocenters. The average molecular weight is 282 g/mol. The third-order valence-corrected chi connectivity index (χ3v) is 3.68. The van der Waals surface area contributed by atoms with Crippen LogP contribution >= 0.6 is 0 Å². The zero-order valence-corrected chi connectivity index (χ0v) is 13.3. The molecule has 1 aromatic carbocycles. The molecule has 0 amide bonds. The number of nitrogens with zero attached hydrogens (tertiary/aromatic N) is 1. The highest BCUT2D eigenvalue weighted by molar-refractivity contribution is 5.21. The fourth-order valence-corrected chi connectivity index (χ4v) is 2.43. The lowest BCUT2D eigenvalue weighted by molar-refractivity contribution is 0.399. The van der Waals surface area contributed by atoms with Crippen molar-refractivity contribution >= 4 is 0 Å². The molecule has 1 N–H and O–H groups in total. The number of rotatable bonds is 6. The molecule has 0 radical (unpaired) electrons. The third-order valence-electron chi connectivity index (χ3n) is 3.68. The van der Waals surface area contributed by atoms with Crippen molar-refractivity contribution in [1.29, 1.82) is 0 Å². The van der Waals surface area contributed by atoms with Crippen molar-refractivity contribution in [3.8, 4) is 0 Å². The van der Waals surface area contributed by atoms with Gasteiger partial charge in [-0.2, -0.15) is 0 Å². The van der Waals surface area contributed by atoms with E-state index in [9.17, 15) is 0 Å². The van der Waals surface area contributed by atoms with Gasteiger partial charge < -0.3 is 5.32 Å². The topological polar surface area (TPSA) is 24.9 Å². The van der Waals surface area contributed by atoms with E-state index < -0.39 is 0 Å². The van der Waals surface area contributed by atoms with Crippen LogP contribution in [0.15, 0.2) is 54.9 Å². The Morgan fingerprint density at radius 3 is 2.29 bits per heavy atom. The minimum Gasteiger partial charge on any atom is -0.311 e. The lowest BCUT2D eigenvalue weighted by atomic mass is 9.91. The number of hydrogen-bond acceptors (Lipinski definition) is 2.